The number of carbonyl (C=O) groups excluding carboxylic acids is 2. The lowest BCUT2D eigenvalue weighted by Crippen LogP contribution is -1.92. The van der Waals surface area contributed by atoms with Gasteiger partial charge in [0, 0.05) is 28.5 Å². The number of aromatic nitrogens is 1. The van der Waals surface area contributed by atoms with E-state index in [2.05, 4.69) is 4.98 Å². The summed E-state index contributed by atoms with van der Waals surface area (Å²) in [7, 11) is 0. The fraction of sp³-hybridized carbons (Fsp3) is 0. The van der Waals surface area contributed by atoms with Crippen molar-refractivity contribution in [2.75, 3.05) is 0 Å². The number of benzene rings is 2. The van der Waals surface area contributed by atoms with Crippen molar-refractivity contribution in [3.8, 4) is 22.4 Å². The third-order valence-corrected chi connectivity index (χ3v) is 3.91. The molecule has 0 amide bonds. The average Bonchev–Trinajstić information content (AvgIpc) is 2.69. The quantitative estimate of drug-likeness (QED) is 0.719. The molecule has 0 saturated heterocycles. The molecule has 2 N–H and O–H groups in total. The number of nitrogens with two attached hydrogens (primary N) is 1. The fourth-order valence-electron chi connectivity index (χ4n) is 2.58. The predicted molar refractivity (Wildman–Crippen MR) is 99.1 cm³/mol. The number of carbonyl (C=O) groups is 2. The van der Waals surface area contributed by atoms with Crippen LogP contribution in [0.25, 0.3) is 28.5 Å². The summed E-state index contributed by atoms with van der Waals surface area (Å²) in [5.41, 5.74) is 11.3. The molecule has 0 radical (unpaired) electrons. The van der Waals surface area contributed by atoms with Gasteiger partial charge in [-0.3, -0.25) is 14.6 Å². The highest BCUT2D eigenvalue weighted by Crippen LogP contribution is 2.29. The first-order valence-corrected chi connectivity index (χ1v) is 7.74. The SMILES string of the molecule is N/C=C\c1cnc(-c2ccc(C=O)cc2)cc1-c1ccc(C=O)cc1. The Labute approximate surface area is 145 Å². The Morgan fingerprint density at radius 2 is 1.36 bits per heavy atom. The third-order valence-electron chi connectivity index (χ3n) is 3.91. The smallest absolute Gasteiger partial charge is 0.150 e. The van der Waals surface area contributed by atoms with E-state index in [0.717, 1.165) is 40.5 Å². The van der Waals surface area contributed by atoms with Crippen LogP contribution in [-0.4, -0.2) is 17.6 Å². The van der Waals surface area contributed by atoms with E-state index in [4.69, 9.17) is 5.73 Å². The Balaban J connectivity index is 2.09. The van der Waals surface area contributed by atoms with Gasteiger partial charge in [0.2, 0.25) is 0 Å². The van der Waals surface area contributed by atoms with Crippen molar-refractivity contribution < 1.29 is 9.59 Å². The zero-order valence-corrected chi connectivity index (χ0v) is 13.4. The van der Waals surface area contributed by atoms with Crippen molar-refractivity contribution in [2.45, 2.75) is 0 Å². The van der Waals surface area contributed by atoms with Gasteiger partial charge in [0.25, 0.3) is 0 Å². The van der Waals surface area contributed by atoms with Gasteiger partial charge in [-0.1, -0.05) is 48.5 Å². The first-order chi connectivity index (χ1) is 12.2. The van der Waals surface area contributed by atoms with E-state index in [-0.39, 0.29) is 0 Å². The number of nitrogens with zero attached hydrogens (tertiary/aromatic N) is 1. The number of rotatable bonds is 5. The molecule has 0 fully saturated rings. The maximum Gasteiger partial charge on any atom is 0.150 e. The molecule has 0 bridgehead atoms. The van der Waals surface area contributed by atoms with Gasteiger partial charge in [-0.25, -0.2) is 0 Å². The standard InChI is InChI=1S/C21H16N2O2/c22-10-9-19-12-23-21(18-7-3-16(14-25)4-8-18)11-20(19)17-5-1-15(13-24)2-6-17/h1-14H,22H2/b10-9-. The highest BCUT2D eigenvalue weighted by molar-refractivity contribution is 5.82. The molecule has 0 aliphatic rings. The van der Waals surface area contributed by atoms with Crippen molar-refractivity contribution in [2.24, 2.45) is 5.73 Å². The summed E-state index contributed by atoms with van der Waals surface area (Å²) in [6.07, 6.45) is 6.65. The maximum atomic E-state index is 10.9. The molecule has 4 heteroatoms. The molecule has 0 saturated carbocycles. The summed E-state index contributed by atoms with van der Waals surface area (Å²) in [4.78, 5) is 26.1. The van der Waals surface area contributed by atoms with Gasteiger partial charge in [-0.05, 0) is 29.5 Å². The topological polar surface area (TPSA) is 73.0 Å². The molecule has 3 rings (SSSR count). The van der Waals surface area contributed by atoms with Crippen molar-refractivity contribution in [1.29, 1.82) is 0 Å². The van der Waals surface area contributed by atoms with Crippen molar-refractivity contribution in [3.05, 3.63) is 83.7 Å². The summed E-state index contributed by atoms with van der Waals surface area (Å²) in [6.45, 7) is 0. The van der Waals surface area contributed by atoms with E-state index >= 15 is 0 Å². The van der Waals surface area contributed by atoms with E-state index in [1.807, 2.05) is 30.3 Å². The van der Waals surface area contributed by atoms with Gasteiger partial charge >= 0.3 is 0 Å². The number of hydrogen-bond donors (Lipinski definition) is 1. The summed E-state index contributed by atoms with van der Waals surface area (Å²) < 4.78 is 0. The maximum absolute atomic E-state index is 10.9. The lowest BCUT2D eigenvalue weighted by Gasteiger charge is -2.10. The summed E-state index contributed by atoms with van der Waals surface area (Å²) in [5, 5.41) is 0. The molecule has 0 atom stereocenters. The zero-order valence-electron chi connectivity index (χ0n) is 13.4. The van der Waals surface area contributed by atoms with E-state index < -0.39 is 0 Å². The van der Waals surface area contributed by atoms with Gasteiger partial charge < -0.3 is 5.73 Å². The van der Waals surface area contributed by atoms with Gasteiger partial charge in [0.05, 0.1) is 5.69 Å². The number of hydrogen-bond acceptors (Lipinski definition) is 4. The Morgan fingerprint density at radius 3 is 1.88 bits per heavy atom. The van der Waals surface area contributed by atoms with Crippen LogP contribution in [0.2, 0.25) is 0 Å². The summed E-state index contributed by atoms with van der Waals surface area (Å²) in [6, 6.07) is 16.6. The summed E-state index contributed by atoms with van der Waals surface area (Å²) in [5.74, 6) is 0. The van der Waals surface area contributed by atoms with Crippen molar-refractivity contribution in [3.63, 3.8) is 0 Å². The second-order valence-electron chi connectivity index (χ2n) is 5.50. The Morgan fingerprint density at radius 1 is 0.800 bits per heavy atom. The van der Waals surface area contributed by atoms with Crippen LogP contribution in [0.4, 0.5) is 0 Å². The Bertz CT molecular complexity index is 927. The highest BCUT2D eigenvalue weighted by atomic mass is 16.1. The normalized spacial score (nSPS) is 10.7. The third kappa shape index (κ3) is 3.53. The van der Waals surface area contributed by atoms with Crippen LogP contribution in [0.5, 0.6) is 0 Å². The lowest BCUT2D eigenvalue weighted by molar-refractivity contribution is 0.111. The van der Waals surface area contributed by atoms with Crippen LogP contribution < -0.4 is 5.73 Å². The second kappa shape index (κ2) is 7.36. The minimum Gasteiger partial charge on any atom is -0.405 e. The van der Waals surface area contributed by atoms with Crippen LogP contribution in [0.15, 0.2) is 67.0 Å². The van der Waals surface area contributed by atoms with Crippen LogP contribution >= 0.6 is 0 Å². The molecule has 122 valence electrons. The minimum absolute atomic E-state index is 0.621. The van der Waals surface area contributed by atoms with Crippen LogP contribution in [0.1, 0.15) is 26.3 Å². The van der Waals surface area contributed by atoms with E-state index in [1.54, 1.807) is 36.5 Å². The summed E-state index contributed by atoms with van der Waals surface area (Å²) >= 11 is 0. The van der Waals surface area contributed by atoms with E-state index in [9.17, 15) is 9.59 Å². The molecule has 2 aromatic carbocycles. The first kappa shape index (κ1) is 16.3. The van der Waals surface area contributed by atoms with Gasteiger partial charge in [-0.2, -0.15) is 0 Å². The average molecular weight is 328 g/mol. The minimum atomic E-state index is 0.621. The lowest BCUT2D eigenvalue weighted by atomic mass is 9.97. The molecular formula is C21H16N2O2. The van der Waals surface area contributed by atoms with Crippen LogP contribution in [-0.2, 0) is 0 Å². The molecule has 0 aliphatic heterocycles. The Kier molecular flexibility index (Phi) is 4.81. The molecule has 3 aromatic rings. The van der Waals surface area contributed by atoms with Crippen molar-refractivity contribution >= 4 is 18.6 Å². The number of aldehydes is 2. The number of pyridine rings is 1. The molecule has 25 heavy (non-hydrogen) atoms. The Hall–Kier alpha value is -3.53. The first-order valence-electron chi connectivity index (χ1n) is 7.74. The van der Waals surface area contributed by atoms with Gasteiger partial charge in [0.1, 0.15) is 12.6 Å². The second-order valence-corrected chi connectivity index (χ2v) is 5.50. The van der Waals surface area contributed by atoms with Gasteiger partial charge in [-0.15, -0.1) is 0 Å². The van der Waals surface area contributed by atoms with Gasteiger partial charge in [0.15, 0.2) is 0 Å². The van der Waals surface area contributed by atoms with E-state index in [1.165, 1.54) is 6.20 Å². The van der Waals surface area contributed by atoms with Crippen LogP contribution in [0.3, 0.4) is 0 Å². The molecule has 0 spiro atoms. The fourth-order valence-corrected chi connectivity index (χ4v) is 2.58. The molecule has 0 aliphatic carbocycles. The van der Waals surface area contributed by atoms with E-state index in [0.29, 0.717) is 11.1 Å². The van der Waals surface area contributed by atoms with Crippen LogP contribution in [0, 0.1) is 0 Å². The predicted octanol–water partition coefficient (Wildman–Crippen LogP) is 3.97. The molecule has 4 nitrogen and oxygen atoms in total. The largest absolute Gasteiger partial charge is 0.405 e. The molecular weight excluding hydrogens is 312 g/mol. The molecule has 1 aromatic heterocycles. The molecule has 0 unspecified atom stereocenters. The molecule has 1 heterocycles. The highest BCUT2D eigenvalue weighted by Gasteiger charge is 2.08. The monoisotopic (exact) mass is 328 g/mol. The zero-order chi connectivity index (χ0) is 17.6. The van der Waals surface area contributed by atoms with Crippen molar-refractivity contribution in [1.82, 2.24) is 4.98 Å².